The minimum Gasteiger partial charge on any atom is -0.872 e. The number of aryl methyl sites for hydroxylation is 1. The number of hydrogen-bond donors (Lipinski definition) is 0. The molecule has 2 rings (SSSR count). The fourth-order valence-electron chi connectivity index (χ4n) is 1.59. The van der Waals surface area contributed by atoms with Crippen LogP contribution in [0, 0.1) is 6.92 Å². The Morgan fingerprint density at radius 3 is 2.19 bits per heavy atom. The summed E-state index contributed by atoms with van der Waals surface area (Å²) in [5.74, 6) is 0.0327. The molecule has 0 unspecified atom stereocenters. The second-order valence-corrected chi connectivity index (χ2v) is 3.92. The van der Waals surface area contributed by atoms with Gasteiger partial charge < -0.3 is 5.11 Å². The molecule has 0 saturated carbocycles. The van der Waals surface area contributed by atoms with Crippen molar-refractivity contribution in [1.29, 1.82) is 0 Å². The summed E-state index contributed by atoms with van der Waals surface area (Å²) >= 11 is 5.88. The van der Waals surface area contributed by atoms with Crippen molar-refractivity contribution in [3.8, 4) is 16.9 Å². The third-order valence-corrected chi connectivity index (χ3v) is 2.59. The van der Waals surface area contributed by atoms with Crippen molar-refractivity contribution >= 4 is 11.6 Å². The first-order valence-corrected chi connectivity index (χ1v) is 5.08. The van der Waals surface area contributed by atoms with Gasteiger partial charge in [-0.1, -0.05) is 41.9 Å². The quantitative estimate of drug-likeness (QED) is 0.662. The maximum absolute atomic E-state index is 11.0. The molecule has 0 aliphatic carbocycles. The smallest absolute Gasteiger partial charge is 0.872 e. The molecule has 0 amide bonds. The molecule has 16 heavy (non-hydrogen) atoms. The molecule has 0 heterocycles. The molecule has 0 aromatic heterocycles. The molecule has 0 spiro atoms. The van der Waals surface area contributed by atoms with Crippen LogP contribution >= 0.6 is 11.6 Å². The van der Waals surface area contributed by atoms with Crippen LogP contribution in [0.15, 0.2) is 42.5 Å². The van der Waals surface area contributed by atoms with E-state index >= 15 is 0 Å². The van der Waals surface area contributed by atoms with Crippen molar-refractivity contribution in [1.82, 2.24) is 0 Å². The monoisotopic (exact) mass is 240 g/mol. The molecule has 76 valence electrons. The van der Waals surface area contributed by atoms with Crippen LogP contribution < -0.4 is 34.7 Å². The zero-order valence-corrected chi connectivity index (χ0v) is 12.1. The molecule has 0 aliphatic rings. The van der Waals surface area contributed by atoms with Crippen molar-refractivity contribution < 1.29 is 34.7 Å². The second-order valence-electron chi connectivity index (χ2n) is 3.48. The van der Waals surface area contributed by atoms with E-state index in [0.29, 0.717) is 0 Å². The molecular formula is C13H10ClNaO. The molecule has 1 nitrogen and oxygen atoms in total. The Labute approximate surface area is 122 Å². The van der Waals surface area contributed by atoms with E-state index in [1.165, 1.54) is 0 Å². The average Bonchev–Trinajstić information content (AvgIpc) is 2.20. The number of rotatable bonds is 1. The molecule has 3 heteroatoms. The van der Waals surface area contributed by atoms with Gasteiger partial charge in [0, 0.05) is 5.02 Å². The van der Waals surface area contributed by atoms with Gasteiger partial charge >= 0.3 is 29.6 Å². The molecule has 2 aromatic rings. The van der Waals surface area contributed by atoms with Crippen LogP contribution in [0.25, 0.3) is 11.1 Å². The van der Waals surface area contributed by atoms with E-state index in [2.05, 4.69) is 0 Å². The number of hydrogen-bond acceptors (Lipinski definition) is 1. The zero-order valence-electron chi connectivity index (χ0n) is 9.33. The average molecular weight is 241 g/mol. The minimum atomic E-state index is 0. The number of benzene rings is 2. The Hall–Kier alpha value is -0.470. The van der Waals surface area contributed by atoms with E-state index in [0.717, 1.165) is 21.7 Å². The summed E-state index contributed by atoms with van der Waals surface area (Å²) in [6, 6.07) is 12.6. The largest absolute Gasteiger partial charge is 1.00 e. The second kappa shape index (κ2) is 5.74. The van der Waals surface area contributed by atoms with Gasteiger partial charge in [0.05, 0.1) is 0 Å². The van der Waals surface area contributed by atoms with Gasteiger partial charge in [-0.2, -0.15) is 0 Å². The summed E-state index contributed by atoms with van der Waals surface area (Å²) in [6.07, 6.45) is 0. The van der Waals surface area contributed by atoms with Gasteiger partial charge in [0.2, 0.25) is 0 Å². The molecule has 2 aromatic carbocycles. The van der Waals surface area contributed by atoms with Crippen molar-refractivity contribution in [3.05, 3.63) is 53.1 Å². The Balaban J connectivity index is 0.00000128. The van der Waals surface area contributed by atoms with E-state index < -0.39 is 0 Å². The third-order valence-electron chi connectivity index (χ3n) is 2.35. The summed E-state index contributed by atoms with van der Waals surface area (Å²) < 4.78 is 0. The first-order chi connectivity index (χ1) is 7.16. The van der Waals surface area contributed by atoms with Crippen LogP contribution in [0.3, 0.4) is 0 Å². The van der Waals surface area contributed by atoms with Crippen LogP contribution in [0.4, 0.5) is 0 Å². The maximum Gasteiger partial charge on any atom is 1.00 e. The van der Waals surface area contributed by atoms with E-state index in [1.54, 1.807) is 12.1 Å². The van der Waals surface area contributed by atoms with Crippen LogP contribution in [-0.4, -0.2) is 0 Å². The molecule has 0 radical (unpaired) electrons. The molecule has 0 saturated heterocycles. The fourth-order valence-corrected chi connectivity index (χ4v) is 1.81. The normalized spacial score (nSPS) is 9.62. The third kappa shape index (κ3) is 3.02. The first kappa shape index (κ1) is 13.6. The van der Waals surface area contributed by atoms with Crippen LogP contribution in [0.5, 0.6) is 5.75 Å². The molecule has 0 fully saturated rings. The van der Waals surface area contributed by atoms with Gasteiger partial charge in [0.15, 0.2) is 0 Å². The van der Waals surface area contributed by atoms with Gasteiger partial charge in [-0.3, -0.25) is 0 Å². The molecule has 0 aliphatic heterocycles. The molecular weight excluding hydrogens is 231 g/mol. The number of halogens is 1. The zero-order chi connectivity index (χ0) is 10.8. The Kier molecular flexibility index (Phi) is 4.88. The van der Waals surface area contributed by atoms with Gasteiger partial charge in [0.25, 0.3) is 0 Å². The van der Waals surface area contributed by atoms with Crippen LogP contribution in [-0.2, 0) is 0 Å². The van der Waals surface area contributed by atoms with Crippen molar-refractivity contribution in [3.63, 3.8) is 0 Å². The van der Waals surface area contributed by atoms with Gasteiger partial charge in [0.1, 0.15) is 0 Å². The fraction of sp³-hybridized carbons (Fsp3) is 0.0769. The van der Waals surface area contributed by atoms with Crippen molar-refractivity contribution in [2.75, 3.05) is 0 Å². The van der Waals surface area contributed by atoms with E-state index in [-0.39, 0.29) is 35.3 Å². The topological polar surface area (TPSA) is 23.1 Å². The molecule has 0 bridgehead atoms. The van der Waals surface area contributed by atoms with Gasteiger partial charge in [-0.25, -0.2) is 0 Å². The predicted octanol–water partition coefficient (Wildman–Crippen LogP) is 0.393. The molecule has 0 N–H and O–H groups in total. The maximum atomic E-state index is 11.0. The summed E-state index contributed by atoms with van der Waals surface area (Å²) in [4.78, 5) is 0. The summed E-state index contributed by atoms with van der Waals surface area (Å²) in [6.45, 7) is 2.01. The van der Waals surface area contributed by atoms with E-state index in [1.807, 2.05) is 37.3 Å². The van der Waals surface area contributed by atoms with Crippen molar-refractivity contribution in [2.45, 2.75) is 6.92 Å². The van der Waals surface area contributed by atoms with Crippen molar-refractivity contribution in [2.24, 2.45) is 0 Å². The van der Waals surface area contributed by atoms with Crippen LogP contribution in [0.1, 0.15) is 5.56 Å². The predicted molar refractivity (Wildman–Crippen MR) is 61.1 cm³/mol. The molecule has 0 atom stereocenters. The Bertz CT molecular complexity index is 480. The summed E-state index contributed by atoms with van der Waals surface area (Å²) in [5, 5.41) is 11.7. The first-order valence-electron chi connectivity index (χ1n) is 4.70. The van der Waals surface area contributed by atoms with E-state index in [4.69, 9.17) is 11.6 Å². The summed E-state index contributed by atoms with van der Waals surface area (Å²) in [5.41, 5.74) is 3.27. The van der Waals surface area contributed by atoms with Gasteiger partial charge in [-0.15, -0.1) is 5.75 Å². The van der Waals surface area contributed by atoms with E-state index in [9.17, 15) is 5.11 Å². The van der Waals surface area contributed by atoms with Crippen LogP contribution in [0.2, 0.25) is 5.02 Å². The SMILES string of the molecule is Cc1cc(Cl)ccc1-c1ccc([O-])cc1.[Na+]. The Morgan fingerprint density at radius 1 is 1.00 bits per heavy atom. The van der Waals surface area contributed by atoms with Gasteiger partial charge in [-0.05, 0) is 35.7 Å². The Morgan fingerprint density at radius 2 is 1.62 bits per heavy atom. The minimum absolute atomic E-state index is 0. The summed E-state index contributed by atoms with van der Waals surface area (Å²) in [7, 11) is 0. The standard InChI is InChI=1S/C13H11ClO.Na/c1-9-8-11(14)4-7-13(9)10-2-5-12(15)6-3-10;/h2-8,15H,1H3;/q;+1/p-1.